The molecule has 0 aliphatic carbocycles. The number of hydrogen-bond acceptors (Lipinski definition) is 2. The second-order valence-corrected chi connectivity index (χ2v) is 37.6. The minimum absolute atomic E-state index is 0. The SMILES string of the molecule is CC.CCI.[3HH].[3H]C.[3H]C.[3H]C(=O)O.[3H]C(C)=O.[CH3-].[I][V]([I])[I].[V].[V]. The number of carboxylic acid groups (broad SMARTS) is 1. The topological polar surface area (TPSA) is 54.4 Å². The second kappa shape index (κ2) is 113. The Labute approximate surface area is 209 Å². The Balaban J connectivity index is -0.0000000101. The Bertz CT molecular complexity index is 149. The smallest absolute Gasteiger partial charge is 0 e. The molecule has 2 radical (unpaired) electrons. The van der Waals surface area contributed by atoms with E-state index in [1.165, 1.54) is 26.2 Å². The molecule has 0 spiro atoms. The van der Waals surface area contributed by atoms with Gasteiger partial charge < -0.3 is 17.3 Å². The minimum atomic E-state index is -1.58. The fourth-order valence-electron chi connectivity index (χ4n) is 0. The number of hydrogen-bond donors (Lipinski definition) is 1. The van der Waals surface area contributed by atoms with Crippen molar-refractivity contribution in [3.05, 3.63) is 7.43 Å². The van der Waals surface area contributed by atoms with Crippen molar-refractivity contribution in [3.8, 4) is 0 Å². The average molecular weight is 869 g/mol. The van der Waals surface area contributed by atoms with Gasteiger partial charge >= 0.3 is 64.9 Å². The van der Waals surface area contributed by atoms with Gasteiger partial charge in [-0.25, -0.2) is 0 Å². The molecule has 0 atom stereocenters. The monoisotopic (exact) mass is 869 g/mol. The molecular weight excluding hydrogens is 829 g/mol. The third kappa shape index (κ3) is 650. The zero-order chi connectivity index (χ0) is 19.4. The van der Waals surface area contributed by atoms with Crippen molar-refractivity contribution in [1.82, 2.24) is 0 Å². The normalized spacial score (nSPS) is 6.35. The first-order valence-corrected chi connectivity index (χ1v) is 18.7. The van der Waals surface area contributed by atoms with Crippen LogP contribution in [0, 0.1) is 7.43 Å². The van der Waals surface area contributed by atoms with Crippen LogP contribution in [-0.4, -0.2) is 22.2 Å². The number of rotatable bonds is 0. The van der Waals surface area contributed by atoms with Crippen molar-refractivity contribution in [2.75, 3.05) is 4.43 Å². The quantitative estimate of drug-likeness (QED) is 0.124. The summed E-state index contributed by atoms with van der Waals surface area (Å²) in [5.41, 5.74) is 0. The van der Waals surface area contributed by atoms with Crippen LogP contribution in [0.3, 0.4) is 0 Å². The van der Waals surface area contributed by atoms with Gasteiger partial charge in [0.15, 0.2) is 1.37 Å². The van der Waals surface area contributed by atoms with Crippen molar-refractivity contribution in [2.24, 2.45) is 0 Å². The van der Waals surface area contributed by atoms with Crippen LogP contribution in [0.15, 0.2) is 0 Å². The summed E-state index contributed by atoms with van der Waals surface area (Å²) in [5, 5.41) is 7.08. The maximum atomic E-state index is 9.11. The number of halogens is 4. The summed E-state index contributed by atoms with van der Waals surface area (Å²) in [5.74, 6) is 0. The molecule has 3 nitrogen and oxygen atoms in total. The number of aldehydes is 1. The van der Waals surface area contributed by atoms with Gasteiger partial charge in [-0.2, -0.15) is 0 Å². The molecule has 0 saturated heterocycles. The van der Waals surface area contributed by atoms with E-state index in [2.05, 4.69) is 89.5 Å². The van der Waals surface area contributed by atoms with Crippen LogP contribution in [0.5, 0.6) is 0 Å². The summed E-state index contributed by atoms with van der Waals surface area (Å²) < 4.78 is 24.2. The summed E-state index contributed by atoms with van der Waals surface area (Å²) in [6.45, 7) is 7.31. The van der Waals surface area contributed by atoms with Crippen LogP contribution < -0.4 is 0 Å². The van der Waals surface area contributed by atoms with E-state index in [0.29, 0.717) is 0 Å². The molecule has 0 fully saturated rings. The van der Waals surface area contributed by atoms with Crippen LogP contribution in [0.4, 0.5) is 0 Å². The predicted octanol–water partition coefficient (Wildman–Crippen LogP) is 6.99. The van der Waals surface area contributed by atoms with Gasteiger partial charge in [-0.3, -0.25) is 4.79 Å². The van der Waals surface area contributed by atoms with Crippen molar-refractivity contribution >= 4 is 95.2 Å². The molecule has 0 aromatic rings. The van der Waals surface area contributed by atoms with Crippen LogP contribution in [-0.2, 0) is 51.6 Å². The molecule has 0 bridgehead atoms. The van der Waals surface area contributed by atoms with E-state index in [4.69, 9.17) is 20.2 Å². The molecule has 0 saturated carbocycles. The molecule has 0 aliphatic heterocycles. The van der Waals surface area contributed by atoms with Crippen molar-refractivity contribution in [3.63, 3.8) is 0 Å². The summed E-state index contributed by atoms with van der Waals surface area (Å²) in [6, 6.07) is 0. The van der Waals surface area contributed by atoms with Crippen LogP contribution in [0.25, 0.3) is 0 Å². The molecule has 10 heteroatoms. The molecule has 0 aromatic heterocycles. The Morgan fingerprint density at radius 3 is 1.25 bits per heavy atom. The zero-order valence-corrected chi connectivity index (χ0v) is 25.6. The first kappa shape index (κ1) is 39.1. The van der Waals surface area contributed by atoms with E-state index in [9.17, 15) is 0 Å². The van der Waals surface area contributed by atoms with Gasteiger partial charge in [0, 0.05) is 41.3 Å². The van der Waals surface area contributed by atoms with Crippen molar-refractivity contribution < 1.29 is 63.6 Å². The number of alkyl halides is 1. The minimum Gasteiger partial charge on any atom is 0 e. The maximum absolute atomic E-state index is 9.11. The van der Waals surface area contributed by atoms with Gasteiger partial charge in [0.05, 0.1) is 0 Å². The van der Waals surface area contributed by atoms with Crippen LogP contribution >= 0.6 is 82.5 Å². The largest absolute Gasteiger partial charge is 0 e. The van der Waals surface area contributed by atoms with Crippen LogP contribution in [0.2, 0.25) is 0 Å². The number of carbonyl (C=O) groups excluding carboxylic acids is 1. The Morgan fingerprint density at radius 2 is 1.25 bits per heavy atom. The van der Waals surface area contributed by atoms with E-state index in [-0.39, 0.29) is 50.9 Å². The molecule has 1 N–H and O–H groups in total. The van der Waals surface area contributed by atoms with E-state index < -0.39 is 12.7 Å². The summed E-state index contributed by atoms with van der Waals surface area (Å²) in [4.78, 5) is 17.5. The molecule has 0 heterocycles. The third-order valence-corrected chi connectivity index (χ3v) is 0. The fraction of sp³-hybridized carbons (Fsp3) is 0.700. The van der Waals surface area contributed by atoms with Gasteiger partial charge in [0.25, 0.3) is 6.45 Å². The van der Waals surface area contributed by atoms with Crippen molar-refractivity contribution in [1.29, 1.82) is 0 Å². The van der Waals surface area contributed by atoms with Crippen LogP contribution in [0.1, 0.15) is 49.4 Å². The first-order chi connectivity index (χ1) is 9.61. The van der Waals surface area contributed by atoms with E-state index in [1.54, 1.807) is 0 Å². The second-order valence-electron chi connectivity index (χ2n) is 0.754. The van der Waals surface area contributed by atoms with Gasteiger partial charge in [0.1, 0.15) is 7.63 Å². The molecule has 0 aromatic carbocycles. The Kier molecular flexibility index (Phi) is 220. The summed E-state index contributed by atoms with van der Waals surface area (Å²) in [7, 11) is 2.50. The van der Waals surface area contributed by atoms with Crippen molar-refractivity contribution in [2.45, 2.75) is 42.5 Å². The molecule has 20 heavy (non-hydrogen) atoms. The first-order valence-electron chi connectivity index (χ1n) is 6.61. The van der Waals surface area contributed by atoms with Gasteiger partial charge in [-0.1, -0.05) is 58.2 Å². The number of carbonyl (C=O) groups is 2. The maximum Gasteiger partial charge on any atom is 0 e. The predicted molar refractivity (Wildman–Crippen MR) is 120 cm³/mol. The fourth-order valence-corrected chi connectivity index (χ4v) is 0. The molecule has 132 valence electrons. The van der Waals surface area contributed by atoms with E-state index in [1.807, 2.05) is 13.8 Å². The van der Waals surface area contributed by atoms with E-state index in [0.717, 1.165) is 0 Å². The molecule has 0 rings (SSSR count). The standard InChI is InChI=1S/C2H5I.C2H4O.C2H6.CH2O2.2CH4.CH3.3HI.3V.H2/c2*1-2-3;1-2;2-1-3;;;;;;;;;;/h2H2,1H3;2H,1H3;1-2H3;1H,(H,2,3);2*1H4;1H3;3*1H;;;;1H/q;;;;;;-1;;;;;;+3;/p-3/i;2T;;3*1T;;;;;;;;1+2. The van der Waals surface area contributed by atoms with Gasteiger partial charge in [0.2, 0.25) is 0 Å². The van der Waals surface area contributed by atoms with Gasteiger partial charge in [-0.05, 0) is 11.4 Å². The summed E-state index contributed by atoms with van der Waals surface area (Å²) in [6.07, 6.45) is -2.17. The van der Waals surface area contributed by atoms with E-state index >= 15 is 0 Å². The molecular formula is C10H30I4O3V3-. The third-order valence-electron chi connectivity index (χ3n) is 0. The Morgan fingerprint density at radius 1 is 1.25 bits per heavy atom. The summed E-state index contributed by atoms with van der Waals surface area (Å²) >= 11 is 9.68. The van der Waals surface area contributed by atoms with Gasteiger partial charge in [-0.15, -0.1) is 0 Å². The molecule has 0 aliphatic rings. The Hall–Kier alpha value is 3.81. The zero-order valence-electron chi connectivity index (χ0n) is 16.8. The molecule has 0 amide bonds. The molecule has 0 unspecified atom stereocenters. The average Bonchev–Trinajstić information content (AvgIpc) is 2.35.